The van der Waals surface area contributed by atoms with E-state index in [2.05, 4.69) is 0 Å². The van der Waals surface area contributed by atoms with Crippen molar-refractivity contribution >= 4 is 23.6 Å². The SMILES string of the molecule is CCOC(=O)[C@@H](C(C)=O)C(=O)/C=C/c1ccccc1. The molecule has 0 aliphatic rings. The zero-order valence-electron chi connectivity index (χ0n) is 11.0. The minimum absolute atomic E-state index is 0.137. The molecule has 0 fully saturated rings. The van der Waals surface area contributed by atoms with Gasteiger partial charge in [0.15, 0.2) is 17.5 Å². The molecule has 1 aromatic carbocycles. The standard InChI is InChI=1S/C15H16O4/c1-3-19-15(18)14(11(2)16)13(17)10-9-12-7-5-4-6-8-12/h4-10,14H,3H2,1-2H3/b10-9+/t14-/m0/s1. The number of esters is 1. The van der Waals surface area contributed by atoms with Crippen LogP contribution in [0, 0.1) is 5.92 Å². The van der Waals surface area contributed by atoms with E-state index in [-0.39, 0.29) is 6.61 Å². The van der Waals surface area contributed by atoms with Gasteiger partial charge in [0.25, 0.3) is 0 Å². The van der Waals surface area contributed by atoms with Gasteiger partial charge in [-0.15, -0.1) is 0 Å². The molecule has 0 N–H and O–H groups in total. The summed E-state index contributed by atoms with van der Waals surface area (Å²) < 4.78 is 4.72. The maximum atomic E-state index is 11.9. The molecule has 1 rings (SSSR count). The molecule has 19 heavy (non-hydrogen) atoms. The Morgan fingerprint density at radius 1 is 1.21 bits per heavy atom. The normalized spacial score (nSPS) is 12.1. The third-order valence-corrected chi connectivity index (χ3v) is 2.45. The number of carbonyl (C=O) groups is 3. The molecular weight excluding hydrogens is 244 g/mol. The highest BCUT2D eigenvalue weighted by atomic mass is 16.5. The van der Waals surface area contributed by atoms with Crippen molar-refractivity contribution in [2.75, 3.05) is 6.61 Å². The van der Waals surface area contributed by atoms with Crippen LogP contribution in [0.5, 0.6) is 0 Å². The van der Waals surface area contributed by atoms with Crippen LogP contribution in [-0.2, 0) is 19.1 Å². The highest BCUT2D eigenvalue weighted by Gasteiger charge is 2.30. The van der Waals surface area contributed by atoms with Gasteiger partial charge in [0.2, 0.25) is 0 Å². The van der Waals surface area contributed by atoms with Crippen molar-refractivity contribution in [2.24, 2.45) is 5.92 Å². The average molecular weight is 260 g/mol. The van der Waals surface area contributed by atoms with Gasteiger partial charge in [-0.25, -0.2) is 0 Å². The molecule has 0 heterocycles. The summed E-state index contributed by atoms with van der Waals surface area (Å²) in [4.78, 5) is 34.8. The van der Waals surface area contributed by atoms with Crippen molar-refractivity contribution in [3.63, 3.8) is 0 Å². The van der Waals surface area contributed by atoms with Crippen LogP contribution in [0.15, 0.2) is 36.4 Å². The number of benzene rings is 1. The molecule has 0 bridgehead atoms. The van der Waals surface area contributed by atoms with E-state index in [1.54, 1.807) is 13.0 Å². The molecule has 0 aliphatic carbocycles. The van der Waals surface area contributed by atoms with Crippen LogP contribution in [0.4, 0.5) is 0 Å². The number of hydrogen-bond acceptors (Lipinski definition) is 4. The van der Waals surface area contributed by atoms with E-state index in [0.717, 1.165) is 5.56 Å². The average Bonchev–Trinajstić information content (AvgIpc) is 2.37. The first-order valence-corrected chi connectivity index (χ1v) is 6.00. The quantitative estimate of drug-likeness (QED) is 0.446. The molecule has 0 aromatic heterocycles. The number of allylic oxidation sites excluding steroid dienone is 1. The maximum Gasteiger partial charge on any atom is 0.324 e. The van der Waals surface area contributed by atoms with Gasteiger partial charge in [-0.05, 0) is 25.5 Å². The lowest BCUT2D eigenvalue weighted by molar-refractivity contribution is -0.153. The van der Waals surface area contributed by atoms with Crippen LogP contribution in [0.1, 0.15) is 19.4 Å². The zero-order valence-corrected chi connectivity index (χ0v) is 11.0. The second-order valence-electron chi connectivity index (χ2n) is 3.94. The first-order valence-electron chi connectivity index (χ1n) is 6.00. The second kappa shape index (κ2) is 7.26. The lowest BCUT2D eigenvalue weighted by Crippen LogP contribution is -2.30. The molecule has 0 radical (unpaired) electrons. The van der Waals surface area contributed by atoms with Crippen molar-refractivity contribution in [1.82, 2.24) is 0 Å². The maximum absolute atomic E-state index is 11.9. The van der Waals surface area contributed by atoms with Gasteiger partial charge in [-0.2, -0.15) is 0 Å². The molecule has 0 amide bonds. The van der Waals surface area contributed by atoms with Gasteiger partial charge in [0, 0.05) is 0 Å². The Bertz CT molecular complexity index is 488. The highest BCUT2D eigenvalue weighted by Crippen LogP contribution is 2.08. The molecular formula is C15H16O4. The Morgan fingerprint density at radius 3 is 2.37 bits per heavy atom. The summed E-state index contributed by atoms with van der Waals surface area (Å²) in [6, 6.07) is 9.15. The van der Waals surface area contributed by atoms with E-state index in [1.165, 1.54) is 13.0 Å². The van der Waals surface area contributed by atoms with Crippen molar-refractivity contribution in [1.29, 1.82) is 0 Å². The molecule has 0 aliphatic heterocycles. The summed E-state index contributed by atoms with van der Waals surface area (Å²) in [5.41, 5.74) is 0.821. The van der Waals surface area contributed by atoms with E-state index in [0.29, 0.717) is 0 Å². The molecule has 4 heteroatoms. The van der Waals surface area contributed by atoms with Crippen molar-refractivity contribution < 1.29 is 19.1 Å². The summed E-state index contributed by atoms with van der Waals surface area (Å²) in [5.74, 6) is -3.23. The topological polar surface area (TPSA) is 60.4 Å². The van der Waals surface area contributed by atoms with Gasteiger partial charge in [0.1, 0.15) is 0 Å². The molecule has 0 unspecified atom stereocenters. The minimum atomic E-state index is -1.36. The number of Topliss-reactive ketones (excluding diaryl/α,β-unsaturated/α-hetero) is 1. The molecule has 100 valence electrons. The fourth-order valence-corrected chi connectivity index (χ4v) is 1.55. The first-order chi connectivity index (χ1) is 9.06. The Morgan fingerprint density at radius 2 is 1.84 bits per heavy atom. The highest BCUT2D eigenvalue weighted by molar-refractivity contribution is 6.20. The van der Waals surface area contributed by atoms with E-state index in [4.69, 9.17) is 4.74 Å². The predicted octanol–water partition coefficient (Wildman–Crippen LogP) is 2.04. The molecule has 1 aromatic rings. The fraction of sp³-hybridized carbons (Fsp3) is 0.267. The van der Waals surface area contributed by atoms with E-state index in [1.807, 2.05) is 30.3 Å². The Kier molecular flexibility index (Phi) is 5.67. The van der Waals surface area contributed by atoms with Crippen LogP contribution in [0.25, 0.3) is 6.08 Å². The number of carbonyl (C=O) groups excluding carboxylic acids is 3. The third-order valence-electron chi connectivity index (χ3n) is 2.45. The minimum Gasteiger partial charge on any atom is -0.465 e. The molecule has 1 atom stereocenters. The van der Waals surface area contributed by atoms with Gasteiger partial charge in [0.05, 0.1) is 6.61 Å². The van der Waals surface area contributed by atoms with Crippen LogP contribution in [0.3, 0.4) is 0 Å². The van der Waals surface area contributed by atoms with Crippen LogP contribution >= 0.6 is 0 Å². The second-order valence-corrected chi connectivity index (χ2v) is 3.94. The van der Waals surface area contributed by atoms with Crippen LogP contribution < -0.4 is 0 Å². The Labute approximate surface area is 112 Å². The summed E-state index contributed by atoms with van der Waals surface area (Å²) in [5, 5.41) is 0. The van der Waals surface area contributed by atoms with E-state index >= 15 is 0 Å². The van der Waals surface area contributed by atoms with Gasteiger partial charge in [-0.1, -0.05) is 36.4 Å². The van der Waals surface area contributed by atoms with Crippen molar-refractivity contribution in [3.8, 4) is 0 Å². The summed E-state index contributed by atoms with van der Waals surface area (Å²) in [6.07, 6.45) is 2.80. The van der Waals surface area contributed by atoms with Gasteiger partial charge < -0.3 is 4.74 Å². The zero-order chi connectivity index (χ0) is 14.3. The van der Waals surface area contributed by atoms with Gasteiger partial charge >= 0.3 is 5.97 Å². The van der Waals surface area contributed by atoms with Gasteiger partial charge in [-0.3, -0.25) is 14.4 Å². The lowest BCUT2D eigenvalue weighted by Gasteiger charge is -2.08. The van der Waals surface area contributed by atoms with Crippen LogP contribution in [0.2, 0.25) is 0 Å². The van der Waals surface area contributed by atoms with Crippen LogP contribution in [-0.4, -0.2) is 24.1 Å². The lowest BCUT2D eigenvalue weighted by atomic mass is 9.99. The first kappa shape index (κ1) is 14.8. The smallest absolute Gasteiger partial charge is 0.324 e. The van der Waals surface area contributed by atoms with E-state index in [9.17, 15) is 14.4 Å². The molecule has 4 nitrogen and oxygen atoms in total. The fourth-order valence-electron chi connectivity index (χ4n) is 1.55. The number of hydrogen-bond donors (Lipinski definition) is 0. The summed E-state index contributed by atoms with van der Waals surface area (Å²) in [7, 11) is 0. The molecule has 0 spiro atoms. The predicted molar refractivity (Wildman–Crippen MR) is 71.3 cm³/mol. The number of ether oxygens (including phenoxy) is 1. The third kappa shape index (κ3) is 4.50. The van der Waals surface area contributed by atoms with Crippen molar-refractivity contribution in [3.05, 3.63) is 42.0 Å². The molecule has 0 saturated heterocycles. The Balaban J connectivity index is 2.81. The number of ketones is 2. The summed E-state index contributed by atoms with van der Waals surface area (Å²) >= 11 is 0. The van der Waals surface area contributed by atoms with Crippen molar-refractivity contribution in [2.45, 2.75) is 13.8 Å². The van der Waals surface area contributed by atoms with E-state index < -0.39 is 23.5 Å². The largest absolute Gasteiger partial charge is 0.465 e. The Hall–Kier alpha value is -2.23. The summed E-state index contributed by atoms with van der Waals surface area (Å²) in [6.45, 7) is 2.97. The monoisotopic (exact) mass is 260 g/mol. The number of rotatable bonds is 6. The molecule has 0 saturated carbocycles.